The van der Waals surface area contributed by atoms with Gasteiger partial charge < -0.3 is 44.1 Å². The van der Waals surface area contributed by atoms with Crippen LogP contribution in [0.5, 0.6) is 23.0 Å². The van der Waals surface area contributed by atoms with Gasteiger partial charge in [-0.2, -0.15) is 0 Å². The number of hydrogen-bond donors (Lipinski definition) is 2. The van der Waals surface area contributed by atoms with E-state index in [1.54, 1.807) is 65.3 Å². The first-order chi connectivity index (χ1) is 43.0. The second-order valence-corrected chi connectivity index (χ2v) is 23.1. The van der Waals surface area contributed by atoms with Crippen LogP contribution in [0.2, 0.25) is 0 Å². The lowest BCUT2D eigenvalue weighted by Gasteiger charge is -2.26. The first-order valence-electron chi connectivity index (χ1n) is 30.3. The van der Waals surface area contributed by atoms with Gasteiger partial charge in [0.05, 0.1) is 74.6 Å². The summed E-state index contributed by atoms with van der Waals surface area (Å²) in [5.41, 5.74) is 6.36. The molecule has 0 spiro atoms. The maximum Gasteiger partial charge on any atom is 0.414 e. The number of nitrogens with zero attached hydrogens (tertiary/aromatic N) is 5. The number of fused-ring (bicyclic) bond motifs is 8. The Bertz CT molecular complexity index is 3570. The smallest absolute Gasteiger partial charge is 0.414 e. The van der Waals surface area contributed by atoms with Gasteiger partial charge in [0.25, 0.3) is 23.6 Å². The molecule has 10 rings (SSSR count). The fraction of sp³-hybridized carbons (Fsp3) is 0.403. The van der Waals surface area contributed by atoms with Gasteiger partial charge in [-0.25, -0.2) is 9.59 Å². The Morgan fingerprint density at radius 1 is 0.652 bits per heavy atom. The first-order valence-corrected chi connectivity index (χ1v) is 30.3. The van der Waals surface area contributed by atoms with Crippen molar-refractivity contribution in [3.63, 3.8) is 0 Å². The number of para-hydroxylation sites is 2. The number of carbonyl (C=O) groups excluding carboxylic acids is 9. The Morgan fingerprint density at radius 3 is 1.94 bits per heavy atom. The van der Waals surface area contributed by atoms with E-state index >= 15 is 0 Å². The Balaban J connectivity index is 0.706. The van der Waals surface area contributed by atoms with Crippen LogP contribution in [-0.2, 0) is 57.8 Å². The second kappa shape index (κ2) is 28.0. The van der Waals surface area contributed by atoms with E-state index in [1.807, 2.05) is 68.6 Å². The van der Waals surface area contributed by atoms with Gasteiger partial charge in [0, 0.05) is 79.9 Å². The molecule has 0 bridgehead atoms. The number of hydrogen-bond acceptors (Lipinski definition) is 16. The molecule has 5 aliphatic rings. The molecule has 0 radical (unpaired) electrons. The molecular formula is C67H73N7O15. The molecule has 1 fully saturated rings. The average Bonchev–Trinajstić information content (AvgIpc) is 1.86. The van der Waals surface area contributed by atoms with Crippen LogP contribution in [-0.4, -0.2) is 117 Å². The molecule has 0 aromatic heterocycles. The molecular weight excluding hydrogens is 1140 g/mol. The summed E-state index contributed by atoms with van der Waals surface area (Å²) in [4.78, 5) is 133. The largest absolute Gasteiger partial charge is 0.493 e. The van der Waals surface area contributed by atoms with E-state index in [0.29, 0.717) is 95.0 Å². The molecule has 466 valence electrons. The number of amides is 7. The predicted octanol–water partition coefficient (Wildman–Crippen LogP) is 9.58. The van der Waals surface area contributed by atoms with Gasteiger partial charge in [-0.1, -0.05) is 69.3 Å². The van der Waals surface area contributed by atoms with E-state index in [2.05, 4.69) is 10.6 Å². The number of nitrogens with one attached hydrogen (secondary N) is 2. The van der Waals surface area contributed by atoms with Crippen molar-refractivity contribution in [2.75, 3.05) is 54.0 Å². The molecule has 0 saturated carbocycles. The van der Waals surface area contributed by atoms with Crippen LogP contribution >= 0.6 is 0 Å². The molecule has 1 unspecified atom stereocenters. The normalized spacial score (nSPS) is 16.9. The number of ether oxygens (including phenoxy) is 5. The Kier molecular flexibility index (Phi) is 19.7. The summed E-state index contributed by atoms with van der Waals surface area (Å²) in [6.07, 6.45) is 5.15. The van der Waals surface area contributed by atoms with Crippen molar-refractivity contribution in [2.45, 2.75) is 129 Å². The number of aliphatic imine (C=N–C) groups is 1. The fourth-order valence-electron chi connectivity index (χ4n) is 11.7. The SMILES string of the molecule is COc1cc2c(cc1OCCCCCOc1cc3c(cc1OC)C(=O)N1c4ccccc4CC1CN3C(=O)OCc1ccc(NC(=O)[C@H](C)CCC(=O)[C@@H](NC(=O)CCCCC(=O)ON3C(=O)CCC3=O)C(C)C)cc1)N=C[C@@H]1Cc3ccccc3N1C2=O. The van der Waals surface area contributed by atoms with Crippen molar-refractivity contribution < 1.29 is 71.7 Å². The number of hydroxylamine groups is 2. The minimum atomic E-state index is -0.784. The van der Waals surface area contributed by atoms with Crippen LogP contribution < -0.4 is 44.3 Å². The molecule has 1 saturated heterocycles. The highest BCUT2D eigenvalue weighted by molar-refractivity contribution is 6.16. The van der Waals surface area contributed by atoms with E-state index < -0.39 is 41.9 Å². The molecule has 22 nitrogen and oxygen atoms in total. The number of Topliss-reactive ketones (excluding diaryl/α,β-unsaturated/α-hetero) is 1. The standard InChI is InChI=1S/C67H73N7O15/c1-40(2)63(70-59(76)19-11-12-20-62(79)89-74-60(77)27-28-61(74)78)54(75)26-21-41(3)64(80)69-45-24-22-42(23-25-45)39-88-67(83)71-38-47-32-44-16-8-10-18-52(44)73(47)66(82)49-34-56(85-5)58(36-53(49)71)87-30-14-6-13-29-86-57-35-50-48(33-55(57)84-4)65(81)72-46(37-68-50)31-43-15-7-9-17-51(43)72/h7-10,15-18,22-25,33-37,40-41,46-47,63H,6,11-14,19-21,26-32,38-39H2,1-5H3,(H,69,80)(H,70,76)/t41-,46+,47?,63+/m1/s1. The zero-order chi connectivity index (χ0) is 62.9. The molecule has 5 aromatic carbocycles. The highest BCUT2D eigenvalue weighted by Crippen LogP contribution is 2.44. The highest BCUT2D eigenvalue weighted by atomic mass is 16.7. The molecule has 5 heterocycles. The zero-order valence-corrected chi connectivity index (χ0v) is 50.6. The molecule has 4 atom stereocenters. The number of anilines is 4. The molecule has 2 N–H and O–H groups in total. The number of imide groups is 1. The number of rotatable bonds is 26. The zero-order valence-electron chi connectivity index (χ0n) is 50.6. The van der Waals surface area contributed by atoms with E-state index in [-0.39, 0.29) is 112 Å². The van der Waals surface area contributed by atoms with Gasteiger partial charge in [0.2, 0.25) is 11.8 Å². The molecule has 89 heavy (non-hydrogen) atoms. The van der Waals surface area contributed by atoms with Crippen LogP contribution in [0, 0.1) is 11.8 Å². The summed E-state index contributed by atoms with van der Waals surface area (Å²) in [5, 5.41) is 6.16. The van der Waals surface area contributed by atoms with Crippen molar-refractivity contribution in [3.05, 3.63) is 125 Å². The van der Waals surface area contributed by atoms with E-state index in [0.717, 1.165) is 28.9 Å². The quantitative estimate of drug-likeness (QED) is 0.0386. The van der Waals surface area contributed by atoms with Gasteiger partial charge in [-0.3, -0.25) is 48.4 Å². The van der Waals surface area contributed by atoms with Gasteiger partial charge in [-0.05, 0) is 104 Å². The molecule has 5 aliphatic heterocycles. The first kappa shape index (κ1) is 62.5. The number of ketones is 1. The molecule has 22 heteroatoms. The molecule has 0 aliphatic carbocycles. The summed E-state index contributed by atoms with van der Waals surface area (Å²) in [5.74, 6) is -2.45. The summed E-state index contributed by atoms with van der Waals surface area (Å²) >= 11 is 0. The maximum atomic E-state index is 14.6. The third-order valence-electron chi connectivity index (χ3n) is 16.6. The van der Waals surface area contributed by atoms with Crippen LogP contribution in [0.15, 0.2) is 102 Å². The number of unbranched alkanes of at least 4 members (excludes halogenated alkanes) is 3. The van der Waals surface area contributed by atoms with Crippen molar-refractivity contribution in [1.82, 2.24) is 10.4 Å². The Labute approximate surface area is 515 Å². The fourth-order valence-corrected chi connectivity index (χ4v) is 11.7. The van der Waals surface area contributed by atoms with E-state index in [1.165, 1.54) is 19.1 Å². The summed E-state index contributed by atoms with van der Waals surface area (Å²) < 4.78 is 30.0. The van der Waals surface area contributed by atoms with Gasteiger partial charge >= 0.3 is 12.1 Å². The van der Waals surface area contributed by atoms with Gasteiger partial charge in [0.1, 0.15) is 6.61 Å². The van der Waals surface area contributed by atoms with E-state index in [4.69, 9.17) is 33.5 Å². The van der Waals surface area contributed by atoms with Gasteiger partial charge in [0.15, 0.2) is 28.8 Å². The average molecular weight is 1220 g/mol. The number of benzene rings is 5. The lowest BCUT2D eigenvalue weighted by Crippen LogP contribution is -2.44. The van der Waals surface area contributed by atoms with Crippen molar-refractivity contribution >= 4 is 87.9 Å². The molecule has 5 aromatic rings. The van der Waals surface area contributed by atoms with Crippen LogP contribution in [0.3, 0.4) is 0 Å². The number of methoxy groups -OCH3 is 2. The lowest BCUT2D eigenvalue weighted by molar-refractivity contribution is -0.197. The minimum absolute atomic E-state index is 0.00837. The number of carbonyl (C=O) groups is 9. The van der Waals surface area contributed by atoms with Crippen molar-refractivity contribution in [1.29, 1.82) is 0 Å². The Morgan fingerprint density at radius 2 is 1.27 bits per heavy atom. The van der Waals surface area contributed by atoms with Gasteiger partial charge in [-0.15, -0.1) is 5.06 Å². The second-order valence-electron chi connectivity index (χ2n) is 23.1. The van der Waals surface area contributed by atoms with E-state index in [9.17, 15) is 43.2 Å². The monoisotopic (exact) mass is 1220 g/mol. The molecule has 7 amide bonds. The van der Waals surface area contributed by atoms with Crippen molar-refractivity contribution in [3.8, 4) is 23.0 Å². The topological polar surface area (TPSA) is 258 Å². The third-order valence-corrected chi connectivity index (χ3v) is 16.6. The summed E-state index contributed by atoms with van der Waals surface area (Å²) in [6.45, 7) is 5.98. The third kappa shape index (κ3) is 14.2. The highest BCUT2D eigenvalue weighted by Gasteiger charge is 2.43. The van der Waals surface area contributed by atoms with Crippen LogP contribution in [0.4, 0.5) is 33.2 Å². The van der Waals surface area contributed by atoms with Crippen molar-refractivity contribution in [2.24, 2.45) is 16.8 Å². The maximum absolute atomic E-state index is 14.6. The Hall–Kier alpha value is -9.60. The predicted molar refractivity (Wildman–Crippen MR) is 329 cm³/mol. The van der Waals surface area contributed by atoms with Crippen LogP contribution in [0.1, 0.15) is 129 Å². The van der Waals surface area contributed by atoms with Crippen LogP contribution in [0.25, 0.3) is 0 Å². The summed E-state index contributed by atoms with van der Waals surface area (Å²) in [6, 6.07) is 27.7. The summed E-state index contributed by atoms with van der Waals surface area (Å²) in [7, 11) is 3.03. The lowest BCUT2D eigenvalue weighted by atomic mass is 9.93. The minimum Gasteiger partial charge on any atom is -0.493 e.